The number of nitrogens with zero attached hydrogens (tertiary/aromatic N) is 1. The van der Waals surface area contributed by atoms with E-state index in [0.29, 0.717) is 24.7 Å². The van der Waals surface area contributed by atoms with Gasteiger partial charge in [-0.15, -0.1) is 0 Å². The lowest BCUT2D eigenvalue weighted by Crippen LogP contribution is -2.45. The van der Waals surface area contributed by atoms with Crippen molar-refractivity contribution in [2.24, 2.45) is 0 Å². The molecule has 1 heterocycles. The topological polar surface area (TPSA) is 67.9 Å². The Hall–Kier alpha value is -1.38. The molecule has 1 N–H and O–H groups in total. The van der Waals surface area contributed by atoms with E-state index in [-0.39, 0.29) is 17.5 Å². The second-order valence-electron chi connectivity index (χ2n) is 5.41. The minimum Gasteiger partial charge on any atom is -0.497 e. The molecule has 0 saturated carbocycles. The van der Waals surface area contributed by atoms with Gasteiger partial charge in [0.25, 0.3) is 0 Å². The zero-order valence-electron chi connectivity index (χ0n) is 13.3. The highest BCUT2D eigenvalue weighted by Gasteiger charge is 2.33. The molecule has 6 nitrogen and oxygen atoms in total. The van der Waals surface area contributed by atoms with Crippen molar-refractivity contribution >= 4 is 32.9 Å². The number of hydrogen-bond donors (Lipinski definition) is 1. The van der Waals surface area contributed by atoms with Gasteiger partial charge in [0.05, 0.1) is 25.2 Å². The van der Waals surface area contributed by atoms with Crippen LogP contribution in [0.5, 0.6) is 5.75 Å². The van der Waals surface area contributed by atoms with Gasteiger partial charge in [0.2, 0.25) is 0 Å². The van der Waals surface area contributed by atoms with Crippen LogP contribution in [0.1, 0.15) is 6.42 Å². The molecule has 0 aliphatic carbocycles. The molecular formula is C15H22N2O4S2. The van der Waals surface area contributed by atoms with E-state index in [2.05, 4.69) is 5.32 Å². The molecule has 0 unspecified atom stereocenters. The standard InChI is InChI=1S/C15H22N2O4S2/c1-20-8-7-17(13-6-9-23(18,19)11-13)15(22)16-12-4-3-5-14(10-12)21-2/h3-5,10,13H,6-9,11H2,1-2H3,(H,16,22)/t13-/m1/s1. The maximum atomic E-state index is 11.7. The first-order valence-corrected chi connectivity index (χ1v) is 9.59. The fourth-order valence-electron chi connectivity index (χ4n) is 2.56. The van der Waals surface area contributed by atoms with Crippen LogP contribution < -0.4 is 10.1 Å². The summed E-state index contributed by atoms with van der Waals surface area (Å²) < 4.78 is 33.8. The van der Waals surface area contributed by atoms with Crippen LogP contribution in [0.2, 0.25) is 0 Å². The minimum atomic E-state index is -2.97. The summed E-state index contributed by atoms with van der Waals surface area (Å²) in [6, 6.07) is 7.32. The van der Waals surface area contributed by atoms with Gasteiger partial charge in [-0.1, -0.05) is 6.07 Å². The van der Waals surface area contributed by atoms with Crippen LogP contribution in [0.25, 0.3) is 0 Å². The maximum absolute atomic E-state index is 11.7. The SMILES string of the molecule is COCCN(C(=S)Nc1cccc(OC)c1)[C@@H]1CCS(=O)(=O)C1. The largest absolute Gasteiger partial charge is 0.497 e. The summed E-state index contributed by atoms with van der Waals surface area (Å²) in [5.41, 5.74) is 0.803. The van der Waals surface area contributed by atoms with Crippen LogP contribution in [0.15, 0.2) is 24.3 Å². The van der Waals surface area contributed by atoms with E-state index < -0.39 is 9.84 Å². The summed E-state index contributed by atoms with van der Waals surface area (Å²) in [7, 11) is 0.244. The number of hydrogen-bond acceptors (Lipinski definition) is 5. The molecule has 23 heavy (non-hydrogen) atoms. The summed E-state index contributed by atoms with van der Waals surface area (Å²) in [5, 5.41) is 3.65. The van der Waals surface area contributed by atoms with Gasteiger partial charge in [0.1, 0.15) is 5.75 Å². The smallest absolute Gasteiger partial charge is 0.173 e. The Morgan fingerprint density at radius 2 is 2.22 bits per heavy atom. The number of ether oxygens (including phenoxy) is 2. The molecule has 1 aliphatic heterocycles. The van der Waals surface area contributed by atoms with Crippen LogP contribution in [-0.2, 0) is 14.6 Å². The highest BCUT2D eigenvalue weighted by Crippen LogP contribution is 2.21. The van der Waals surface area contributed by atoms with E-state index in [9.17, 15) is 8.42 Å². The summed E-state index contributed by atoms with van der Waals surface area (Å²) in [4.78, 5) is 1.91. The third-order valence-corrected chi connectivity index (χ3v) is 5.85. The normalized spacial score (nSPS) is 19.3. The molecule has 8 heteroatoms. The Labute approximate surface area is 142 Å². The van der Waals surface area contributed by atoms with Gasteiger partial charge < -0.3 is 19.7 Å². The number of rotatable bonds is 6. The molecule has 1 saturated heterocycles. The molecule has 128 valence electrons. The van der Waals surface area contributed by atoms with Crippen molar-refractivity contribution in [1.29, 1.82) is 0 Å². The maximum Gasteiger partial charge on any atom is 0.173 e. The van der Waals surface area contributed by atoms with Crippen molar-refractivity contribution in [1.82, 2.24) is 4.90 Å². The van der Waals surface area contributed by atoms with Crippen LogP contribution in [0.3, 0.4) is 0 Å². The summed E-state index contributed by atoms with van der Waals surface area (Å²) in [6.45, 7) is 1.03. The lowest BCUT2D eigenvalue weighted by molar-refractivity contribution is 0.166. The second-order valence-corrected chi connectivity index (χ2v) is 8.02. The number of benzene rings is 1. The van der Waals surface area contributed by atoms with Gasteiger partial charge in [-0.2, -0.15) is 0 Å². The average Bonchev–Trinajstić information content (AvgIpc) is 2.87. The first kappa shape index (κ1) is 18.0. The van der Waals surface area contributed by atoms with Gasteiger partial charge in [-0.3, -0.25) is 0 Å². The molecule has 2 rings (SSSR count). The zero-order valence-corrected chi connectivity index (χ0v) is 15.0. The van der Waals surface area contributed by atoms with Gasteiger partial charge >= 0.3 is 0 Å². The Morgan fingerprint density at radius 3 is 2.83 bits per heavy atom. The van der Waals surface area contributed by atoms with E-state index in [1.807, 2.05) is 29.2 Å². The third kappa shape index (κ3) is 5.05. The van der Waals surface area contributed by atoms with Crippen molar-refractivity contribution in [3.8, 4) is 5.75 Å². The van der Waals surface area contributed by atoms with Gasteiger partial charge in [0, 0.05) is 31.5 Å². The first-order valence-electron chi connectivity index (χ1n) is 7.36. The van der Waals surface area contributed by atoms with Crippen LogP contribution in [-0.4, -0.2) is 63.3 Å². The number of anilines is 1. The Morgan fingerprint density at radius 1 is 1.43 bits per heavy atom. The lowest BCUT2D eigenvalue weighted by Gasteiger charge is -2.30. The predicted molar refractivity (Wildman–Crippen MR) is 94.9 cm³/mol. The van der Waals surface area contributed by atoms with E-state index in [4.69, 9.17) is 21.7 Å². The van der Waals surface area contributed by atoms with Crippen molar-refractivity contribution in [2.45, 2.75) is 12.5 Å². The molecule has 1 fully saturated rings. The average molecular weight is 358 g/mol. The Balaban J connectivity index is 2.09. The lowest BCUT2D eigenvalue weighted by atomic mass is 10.2. The van der Waals surface area contributed by atoms with Crippen molar-refractivity contribution < 1.29 is 17.9 Å². The number of thiocarbonyl (C=S) groups is 1. The molecule has 0 aromatic heterocycles. The van der Waals surface area contributed by atoms with Crippen molar-refractivity contribution in [3.05, 3.63) is 24.3 Å². The number of methoxy groups -OCH3 is 2. The first-order chi connectivity index (χ1) is 10.9. The summed E-state index contributed by atoms with van der Waals surface area (Å²) in [5.74, 6) is 1.07. The number of sulfone groups is 1. The quantitative estimate of drug-likeness (QED) is 0.774. The van der Waals surface area contributed by atoms with E-state index in [1.54, 1.807) is 14.2 Å². The van der Waals surface area contributed by atoms with Crippen LogP contribution in [0.4, 0.5) is 5.69 Å². The molecular weight excluding hydrogens is 336 g/mol. The Bertz CT molecular complexity index is 649. The molecule has 1 aliphatic rings. The summed E-state index contributed by atoms with van der Waals surface area (Å²) >= 11 is 5.49. The predicted octanol–water partition coefficient (Wildman–Crippen LogP) is 1.53. The van der Waals surface area contributed by atoms with E-state index in [0.717, 1.165) is 11.4 Å². The van der Waals surface area contributed by atoms with Crippen molar-refractivity contribution in [3.63, 3.8) is 0 Å². The Kier molecular flexibility index (Phi) is 6.20. The third-order valence-electron chi connectivity index (χ3n) is 3.77. The molecule has 0 bridgehead atoms. The fraction of sp³-hybridized carbons (Fsp3) is 0.533. The van der Waals surface area contributed by atoms with Crippen LogP contribution in [0, 0.1) is 0 Å². The fourth-order valence-corrected chi connectivity index (χ4v) is 4.65. The van der Waals surface area contributed by atoms with Crippen molar-refractivity contribution in [2.75, 3.05) is 44.2 Å². The molecule has 0 radical (unpaired) electrons. The highest BCUT2D eigenvalue weighted by atomic mass is 32.2. The molecule has 0 spiro atoms. The van der Waals surface area contributed by atoms with E-state index in [1.165, 1.54) is 0 Å². The monoisotopic (exact) mass is 358 g/mol. The number of nitrogens with one attached hydrogen (secondary N) is 1. The molecule has 1 atom stereocenters. The molecule has 1 aromatic carbocycles. The molecule has 1 aromatic rings. The highest BCUT2D eigenvalue weighted by molar-refractivity contribution is 7.91. The molecule has 0 amide bonds. The van der Waals surface area contributed by atoms with Crippen LogP contribution >= 0.6 is 12.2 Å². The minimum absolute atomic E-state index is 0.110. The van der Waals surface area contributed by atoms with E-state index >= 15 is 0 Å². The second kappa shape index (κ2) is 7.94. The van der Waals surface area contributed by atoms with Gasteiger partial charge in [-0.05, 0) is 30.8 Å². The van der Waals surface area contributed by atoms with Gasteiger partial charge in [-0.25, -0.2) is 8.42 Å². The summed E-state index contributed by atoms with van der Waals surface area (Å²) in [6.07, 6.45) is 0.589. The van der Waals surface area contributed by atoms with Gasteiger partial charge in [0.15, 0.2) is 14.9 Å². The zero-order chi connectivity index (χ0) is 16.9.